The highest BCUT2D eigenvalue weighted by Crippen LogP contribution is 2.33. The number of nitrogens with zero attached hydrogens (tertiary/aromatic N) is 3. The van der Waals surface area contributed by atoms with E-state index in [9.17, 15) is 0 Å². The largest absolute Gasteiger partial charge is 0.477 e. The summed E-state index contributed by atoms with van der Waals surface area (Å²) in [6, 6.07) is 8.31. The molecule has 18 heavy (non-hydrogen) atoms. The van der Waals surface area contributed by atoms with Crippen LogP contribution in [0.2, 0.25) is 0 Å². The summed E-state index contributed by atoms with van der Waals surface area (Å²) in [5.41, 5.74) is 1.22. The lowest BCUT2D eigenvalue weighted by Crippen LogP contribution is -1.98. The zero-order chi connectivity index (χ0) is 11.9. The van der Waals surface area contributed by atoms with Gasteiger partial charge in [0.05, 0.1) is 6.61 Å². The number of aromatic nitrogens is 3. The van der Waals surface area contributed by atoms with E-state index in [1.807, 2.05) is 16.8 Å². The van der Waals surface area contributed by atoms with Crippen LogP contribution in [0.1, 0.15) is 5.56 Å². The van der Waals surface area contributed by atoms with Crippen LogP contribution in [0.3, 0.4) is 0 Å². The summed E-state index contributed by atoms with van der Waals surface area (Å²) in [5.74, 6) is 1.64. The highest BCUT2D eigenvalue weighted by Gasteiger charge is 2.19. The Balaban J connectivity index is 2.12. The molecule has 0 bridgehead atoms. The van der Waals surface area contributed by atoms with Gasteiger partial charge in [0.15, 0.2) is 0 Å². The molecule has 0 fully saturated rings. The first kappa shape index (κ1) is 9.65. The lowest BCUT2D eigenvalue weighted by Gasteiger charge is -2.09. The van der Waals surface area contributed by atoms with Crippen LogP contribution >= 0.6 is 0 Å². The lowest BCUT2D eigenvalue weighted by atomic mass is 10.1. The average molecular weight is 237 g/mol. The Labute approximate surface area is 104 Å². The monoisotopic (exact) mass is 237 g/mol. The molecule has 0 aliphatic carbocycles. The van der Waals surface area contributed by atoms with E-state index >= 15 is 0 Å². The van der Waals surface area contributed by atoms with Gasteiger partial charge in [0.1, 0.15) is 12.1 Å². The van der Waals surface area contributed by atoms with Crippen LogP contribution in [0, 0.1) is 0 Å². The Bertz CT molecular complexity index is 719. The summed E-state index contributed by atoms with van der Waals surface area (Å²) in [4.78, 5) is 8.71. The summed E-state index contributed by atoms with van der Waals surface area (Å²) in [6.07, 6.45) is 6.35. The van der Waals surface area contributed by atoms with Gasteiger partial charge >= 0.3 is 0 Å². The van der Waals surface area contributed by atoms with Gasteiger partial charge in [-0.3, -0.25) is 4.57 Å². The zero-order valence-corrected chi connectivity index (χ0v) is 9.71. The van der Waals surface area contributed by atoms with E-state index in [0.29, 0.717) is 0 Å². The van der Waals surface area contributed by atoms with Gasteiger partial charge in [-0.1, -0.05) is 24.3 Å². The van der Waals surface area contributed by atoms with Gasteiger partial charge in [0.25, 0.3) is 0 Å². The number of rotatable bonds is 1. The molecule has 4 heteroatoms. The molecule has 0 amide bonds. The van der Waals surface area contributed by atoms with E-state index in [1.54, 1.807) is 12.5 Å². The van der Waals surface area contributed by atoms with Crippen molar-refractivity contribution in [1.29, 1.82) is 0 Å². The molecular weight excluding hydrogens is 226 g/mol. The summed E-state index contributed by atoms with van der Waals surface area (Å²) in [7, 11) is 0. The van der Waals surface area contributed by atoms with Crippen LogP contribution in [0.15, 0.2) is 43.0 Å². The number of hydrogen-bond acceptors (Lipinski definition) is 3. The highest BCUT2D eigenvalue weighted by molar-refractivity contribution is 5.92. The fourth-order valence-electron chi connectivity index (χ4n) is 2.47. The number of pyridine rings is 1. The zero-order valence-electron chi connectivity index (χ0n) is 9.71. The Morgan fingerprint density at radius 1 is 1.17 bits per heavy atom. The summed E-state index contributed by atoms with van der Waals surface area (Å²) in [5, 5.41) is 2.36. The van der Waals surface area contributed by atoms with Crippen molar-refractivity contribution in [2.45, 2.75) is 6.42 Å². The lowest BCUT2D eigenvalue weighted by molar-refractivity contribution is 0.344. The molecule has 0 saturated carbocycles. The second kappa shape index (κ2) is 3.57. The van der Waals surface area contributed by atoms with Crippen molar-refractivity contribution in [2.75, 3.05) is 6.61 Å². The Morgan fingerprint density at radius 3 is 2.89 bits per heavy atom. The number of hydrogen-bond donors (Lipinski definition) is 0. The van der Waals surface area contributed by atoms with E-state index in [1.165, 1.54) is 10.9 Å². The molecule has 1 aliphatic rings. The molecule has 3 heterocycles. The molecule has 1 aliphatic heterocycles. The molecule has 0 atom stereocenters. The molecule has 0 radical (unpaired) electrons. The average Bonchev–Trinajstić information content (AvgIpc) is 3.09. The van der Waals surface area contributed by atoms with Gasteiger partial charge in [-0.2, -0.15) is 4.98 Å². The molecule has 0 unspecified atom stereocenters. The van der Waals surface area contributed by atoms with Crippen LogP contribution in [0.5, 0.6) is 5.88 Å². The van der Waals surface area contributed by atoms with Crippen molar-refractivity contribution in [3.05, 3.63) is 48.5 Å². The van der Waals surface area contributed by atoms with Crippen molar-refractivity contribution >= 4 is 10.8 Å². The molecule has 2 aromatic heterocycles. The molecule has 1 aromatic carbocycles. The smallest absolute Gasteiger partial charge is 0.219 e. The standard InChI is InChI=1S/C14H11N3O/c1-2-4-11-10(3-1)12-5-8-18-14(12)16-13(11)17-7-6-15-9-17/h1-4,6-7,9H,5,8H2. The third-order valence-corrected chi connectivity index (χ3v) is 3.30. The second-order valence-electron chi connectivity index (χ2n) is 4.33. The quantitative estimate of drug-likeness (QED) is 0.652. The second-order valence-corrected chi connectivity index (χ2v) is 4.33. The predicted octanol–water partition coefficient (Wildman–Crippen LogP) is 2.36. The first-order valence-electron chi connectivity index (χ1n) is 5.96. The Kier molecular flexibility index (Phi) is 1.91. The van der Waals surface area contributed by atoms with Crippen LogP contribution < -0.4 is 4.74 Å². The number of benzene rings is 1. The fraction of sp³-hybridized carbons (Fsp3) is 0.143. The molecule has 4 rings (SSSR count). The fourth-order valence-corrected chi connectivity index (χ4v) is 2.47. The van der Waals surface area contributed by atoms with E-state index in [2.05, 4.69) is 28.2 Å². The van der Waals surface area contributed by atoms with E-state index in [4.69, 9.17) is 4.74 Å². The van der Waals surface area contributed by atoms with Crippen LogP contribution in [0.4, 0.5) is 0 Å². The molecule has 0 spiro atoms. The normalized spacial score (nSPS) is 13.6. The first-order chi connectivity index (χ1) is 8.93. The highest BCUT2D eigenvalue weighted by atomic mass is 16.5. The minimum Gasteiger partial charge on any atom is -0.477 e. The van der Waals surface area contributed by atoms with E-state index < -0.39 is 0 Å². The van der Waals surface area contributed by atoms with Crippen molar-refractivity contribution in [3.63, 3.8) is 0 Å². The van der Waals surface area contributed by atoms with Crippen LogP contribution in [-0.2, 0) is 6.42 Å². The Morgan fingerprint density at radius 2 is 2.06 bits per heavy atom. The minimum atomic E-state index is 0.722. The molecular formula is C14H11N3O. The molecule has 0 N–H and O–H groups in total. The summed E-state index contributed by atoms with van der Waals surface area (Å²) in [6.45, 7) is 0.722. The number of imidazole rings is 1. The van der Waals surface area contributed by atoms with Gasteiger partial charge < -0.3 is 4.74 Å². The van der Waals surface area contributed by atoms with Gasteiger partial charge in [0.2, 0.25) is 5.88 Å². The maximum atomic E-state index is 5.60. The van der Waals surface area contributed by atoms with Crippen molar-refractivity contribution in [3.8, 4) is 11.7 Å². The third-order valence-electron chi connectivity index (χ3n) is 3.30. The van der Waals surface area contributed by atoms with E-state index in [0.717, 1.165) is 30.1 Å². The topological polar surface area (TPSA) is 39.9 Å². The number of ether oxygens (including phenoxy) is 1. The summed E-state index contributed by atoms with van der Waals surface area (Å²) < 4.78 is 7.52. The molecule has 0 saturated heterocycles. The third kappa shape index (κ3) is 1.26. The molecule has 88 valence electrons. The molecule has 4 nitrogen and oxygen atoms in total. The predicted molar refractivity (Wildman–Crippen MR) is 68.1 cm³/mol. The Hall–Kier alpha value is -2.36. The number of fused-ring (bicyclic) bond motifs is 3. The summed E-state index contributed by atoms with van der Waals surface area (Å²) >= 11 is 0. The van der Waals surface area contributed by atoms with E-state index in [-0.39, 0.29) is 0 Å². The van der Waals surface area contributed by atoms with Gasteiger partial charge in [-0.05, 0) is 5.39 Å². The van der Waals surface area contributed by atoms with Crippen molar-refractivity contribution in [2.24, 2.45) is 0 Å². The molecule has 3 aromatic rings. The van der Waals surface area contributed by atoms with Gasteiger partial charge in [0, 0.05) is 29.8 Å². The maximum absolute atomic E-state index is 5.60. The van der Waals surface area contributed by atoms with Crippen LogP contribution in [-0.4, -0.2) is 21.1 Å². The van der Waals surface area contributed by atoms with Gasteiger partial charge in [-0.25, -0.2) is 4.98 Å². The maximum Gasteiger partial charge on any atom is 0.219 e. The van der Waals surface area contributed by atoms with Crippen LogP contribution in [0.25, 0.3) is 16.6 Å². The minimum absolute atomic E-state index is 0.722. The van der Waals surface area contributed by atoms with Gasteiger partial charge in [-0.15, -0.1) is 0 Å². The van der Waals surface area contributed by atoms with Crippen molar-refractivity contribution in [1.82, 2.24) is 14.5 Å². The SMILES string of the molecule is c1ccc2c3c(nc(-n4ccnc4)c2c1)OCC3. The first-order valence-corrected chi connectivity index (χ1v) is 5.96. The van der Waals surface area contributed by atoms with Crippen molar-refractivity contribution < 1.29 is 4.74 Å².